The maximum Gasteiger partial charge on any atom is 0.407 e. The Kier molecular flexibility index (Phi) is 6.35. The van der Waals surface area contributed by atoms with Crippen LogP contribution in [0.4, 0.5) is 4.79 Å². The molecular weight excluding hydrogens is 246 g/mol. The third kappa shape index (κ3) is 5.85. The van der Waals surface area contributed by atoms with Gasteiger partial charge in [-0.2, -0.15) is 0 Å². The molecule has 0 fully saturated rings. The molecule has 0 aliphatic carbocycles. The molecule has 0 aliphatic heterocycles. The predicted octanol–water partition coefficient (Wildman–Crippen LogP) is 1.39. The number of ether oxygens (including phenoxy) is 1. The lowest BCUT2D eigenvalue weighted by Gasteiger charge is -2.13. The predicted molar refractivity (Wildman–Crippen MR) is 70.4 cm³/mol. The number of carbonyl (C=O) groups excluding carboxylic acids is 2. The van der Waals surface area contributed by atoms with Crippen LogP contribution in [-0.4, -0.2) is 30.1 Å². The van der Waals surface area contributed by atoms with Gasteiger partial charge < -0.3 is 15.4 Å². The van der Waals surface area contributed by atoms with Gasteiger partial charge in [-0.15, -0.1) is 0 Å². The van der Waals surface area contributed by atoms with Gasteiger partial charge in [0.2, 0.25) is 5.91 Å². The smallest absolute Gasteiger partial charge is 0.407 e. The van der Waals surface area contributed by atoms with Crippen molar-refractivity contribution < 1.29 is 14.3 Å². The molecule has 1 heterocycles. The van der Waals surface area contributed by atoms with Crippen LogP contribution in [0, 0.1) is 0 Å². The van der Waals surface area contributed by atoms with E-state index in [1.165, 1.54) is 0 Å². The van der Waals surface area contributed by atoms with E-state index in [4.69, 9.17) is 0 Å². The van der Waals surface area contributed by atoms with Crippen LogP contribution in [-0.2, 0) is 9.53 Å². The first-order valence-corrected chi connectivity index (χ1v) is 6.24. The molecule has 1 aromatic heterocycles. The second kappa shape index (κ2) is 8.07. The van der Waals surface area contributed by atoms with Crippen molar-refractivity contribution in [1.82, 2.24) is 15.6 Å². The van der Waals surface area contributed by atoms with Gasteiger partial charge in [0.15, 0.2) is 0 Å². The molecule has 0 saturated heterocycles. The lowest BCUT2D eigenvalue weighted by Crippen LogP contribution is -2.32. The molecule has 0 aliphatic rings. The minimum Gasteiger partial charge on any atom is -0.450 e. The summed E-state index contributed by atoms with van der Waals surface area (Å²) in [5.41, 5.74) is 0.800. The largest absolute Gasteiger partial charge is 0.450 e. The molecule has 0 aromatic carbocycles. The van der Waals surface area contributed by atoms with Gasteiger partial charge in [-0.1, -0.05) is 6.07 Å². The molecule has 2 N–H and O–H groups in total. The number of rotatable bonds is 6. The number of carbonyl (C=O) groups is 2. The lowest BCUT2D eigenvalue weighted by atomic mass is 10.2. The van der Waals surface area contributed by atoms with Gasteiger partial charge in [0.1, 0.15) is 0 Å². The fourth-order valence-electron chi connectivity index (χ4n) is 1.48. The monoisotopic (exact) mass is 265 g/mol. The first-order valence-electron chi connectivity index (χ1n) is 6.24. The van der Waals surface area contributed by atoms with E-state index in [0.717, 1.165) is 5.69 Å². The van der Waals surface area contributed by atoms with E-state index in [2.05, 4.69) is 20.4 Å². The lowest BCUT2D eigenvalue weighted by molar-refractivity contribution is -0.121. The van der Waals surface area contributed by atoms with Crippen molar-refractivity contribution in [1.29, 1.82) is 0 Å². The molecule has 104 valence electrons. The SMILES string of the molecule is CCOC(=O)NCCC(=O)N[C@H](C)c1ccccn1. The molecule has 0 saturated carbocycles. The summed E-state index contributed by atoms with van der Waals surface area (Å²) in [6, 6.07) is 5.38. The van der Waals surface area contributed by atoms with Crippen molar-refractivity contribution in [3.05, 3.63) is 30.1 Å². The van der Waals surface area contributed by atoms with Crippen molar-refractivity contribution in [3.8, 4) is 0 Å². The molecule has 19 heavy (non-hydrogen) atoms. The Labute approximate surface area is 112 Å². The topological polar surface area (TPSA) is 80.3 Å². The third-order valence-corrected chi connectivity index (χ3v) is 2.41. The van der Waals surface area contributed by atoms with Gasteiger partial charge in [0, 0.05) is 19.2 Å². The standard InChI is InChI=1S/C13H19N3O3/c1-3-19-13(18)15-9-7-12(17)16-10(2)11-6-4-5-8-14-11/h4-6,8,10H,3,7,9H2,1-2H3,(H,15,18)(H,16,17)/t10-/m1/s1. The van der Waals surface area contributed by atoms with Crippen molar-refractivity contribution in [2.45, 2.75) is 26.3 Å². The van der Waals surface area contributed by atoms with Crippen LogP contribution in [0.5, 0.6) is 0 Å². The minimum atomic E-state index is -0.506. The average molecular weight is 265 g/mol. The van der Waals surface area contributed by atoms with Crippen LogP contribution < -0.4 is 10.6 Å². The Morgan fingerprint density at radius 3 is 2.84 bits per heavy atom. The van der Waals surface area contributed by atoms with Crippen LogP contribution in [0.2, 0.25) is 0 Å². The Balaban J connectivity index is 2.26. The highest BCUT2D eigenvalue weighted by atomic mass is 16.5. The first kappa shape index (κ1) is 14.9. The van der Waals surface area contributed by atoms with Gasteiger partial charge in [-0.05, 0) is 26.0 Å². The highest BCUT2D eigenvalue weighted by Gasteiger charge is 2.10. The maximum atomic E-state index is 11.6. The number of pyridine rings is 1. The van der Waals surface area contributed by atoms with Crippen LogP contribution in [0.3, 0.4) is 0 Å². The molecule has 0 unspecified atom stereocenters. The zero-order valence-electron chi connectivity index (χ0n) is 11.2. The Bertz CT molecular complexity index is 409. The number of nitrogens with one attached hydrogen (secondary N) is 2. The number of hydrogen-bond acceptors (Lipinski definition) is 4. The van der Waals surface area contributed by atoms with Gasteiger partial charge >= 0.3 is 6.09 Å². The van der Waals surface area contributed by atoms with E-state index in [1.807, 2.05) is 25.1 Å². The van der Waals surface area contributed by atoms with Crippen molar-refractivity contribution in [2.75, 3.05) is 13.2 Å². The van der Waals surface area contributed by atoms with Crippen molar-refractivity contribution in [3.63, 3.8) is 0 Å². The summed E-state index contributed by atoms with van der Waals surface area (Å²) in [6.45, 7) is 4.15. The summed E-state index contributed by atoms with van der Waals surface area (Å²) in [6.07, 6.45) is 1.38. The fourth-order valence-corrected chi connectivity index (χ4v) is 1.48. The van der Waals surface area contributed by atoms with Crippen molar-refractivity contribution in [2.24, 2.45) is 0 Å². The van der Waals surface area contributed by atoms with Crippen LogP contribution in [0.1, 0.15) is 32.0 Å². The van der Waals surface area contributed by atoms with E-state index in [1.54, 1.807) is 13.1 Å². The van der Waals surface area contributed by atoms with Gasteiger partial charge in [0.05, 0.1) is 18.3 Å². The zero-order chi connectivity index (χ0) is 14.1. The molecule has 2 amide bonds. The van der Waals surface area contributed by atoms with Gasteiger partial charge in [0.25, 0.3) is 0 Å². The van der Waals surface area contributed by atoms with E-state index in [0.29, 0.717) is 6.61 Å². The minimum absolute atomic E-state index is 0.144. The summed E-state index contributed by atoms with van der Waals surface area (Å²) >= 11 is 0. The second-order valence-corrected chi connectivity index (χ2v) is 3.94. The molecule has 0 bridgehead atoms. The Morgan fingerprint density at radius 2 is 2.21 bits per heavy atom. The number of amides is 2. The summed E-state index contributed by atoms with van der Waals surface area (Å²) in [7, 11) is 0. The number of aromatic nitrogens is 1. The van der Waals surface area contributed by atoms with Crippen LogP contribution in [0.25, 0.3) is 0 Å². The number of alkyl carbamates (subject to hydrolysis) is 1. The van der Waals surface area contributed by atoms with Gasteiger partial charge in [-0.25, -0.2) is 4.79 Å². The normalized spacial score (nSPS) is 11.5. The number of hydrogen-bond donors (Lipinski definition) is 2. The molecule has 1 aromatic rings. The third-order valence-electron chi connectivity index (χ3n) is 2.41. The average Bonchev–Trinajstić information content (AvgIpc) is 2.40. The molecular formula is C13H19N3O3. The summed E-state index contributed by atoms with van der Waals surface area (Å²) in [5, 5.41) is 5.30. The summed E-state index contributed by atoms with van der Waals surface area (Å²) < 4.78 is 4.68. The Hall–Kier alpha value is -2.11. The van der Waals surface area contributed by atoms with E-state index in [-0.39, 0.29) is 24.9 Å². The number of nitrogens with zero attached hydrogens (tertiary/aromatic N) is 1. The zero-order valence-corrected chi connectivity index (χ0v) is 11.2. The van der Waals surface area contributed by atoms with Gasteiger partial charge in [-0.3, -0.25) is 9.78 Å². The van der Waals surface area contributed by atoms with Crippen LogP contribution >= 0.6 is 0 Å². The molecule has 1 atom stereocenters. The fraction of sp³-hybridized carbons (Fsp3) is 0.462. The molecule has 6 nitrogen and oxygen atoms in total. The highest BCUT2D eigenvalue weighted by Crippen LogP contribution is 2.07. The molecule has 6 heteroatoms. The molecule has 0 spiro atoms. The van der Waals surface area contributed by atoms with Crippen molar-refractivity contribution >= 4 is 12.0 Å². The summed E-state index contributed by atoms with van der Waals surface area (Å²) in [4.78, 5) is 26.8. The maximum absolute atomic E-state index is 11.6. The Morgan fingerprint density at radius 1 is 1.42 bits per heavy atom. The quantitative estimate of drug-likeness (QED) is 0.814. The van der Waals surface area contributed by atoms with E-state index < -0.39 is 6.09 Å². The second-order valence-electron chi connectivity index (χ2n) is 3.94. The highest BCUT2D eigenvalue weighted by molar-refractivity contribution is 5.77. The van der Waals surface area contributed by atoms with E-state index >= 15 is 0 Å². The van der Waals surface area contributed by atoms with Crippen LogP contribution in [0.15, 0.2) is 24.4 Å². The van der Waals surface area contributed by atoms with E-state index in [9.17, 15) is 9.59 Å². The molecule has 1 rings (SSSR count). The molecule has 0 radical (unpaired) electrons. The first-order chi connectivity index (χ1) is 9.13. The summed E-state index contributed by atoms with van der Waals surface area (Å²) in [5.74, 6) is -0.144.